The molecular formula is C28H28FN7O. The van der Waals surface area contributed by atoms with Crippen LogP contribution in [0.1, 0.15) is 17.0 Å². The number of hydrogen-bond acceptors (Lipinski definition) is 7. The molecule has 1 aliphatic heterocycles. The van der Waals surface area contributed by atoms with E-state index in [-0.39, 0.29) is 11.7 Å². The summed E-state index contributed by atoms with van der Waals surface area (Å²) in [5.41, 5.74) is 15.2. The summed E-state index contributed by atoms with van der Waals surface area (Å²) in [5, 5.41) is 0. The molecule has 4 N–H and O–H groups in total. The molecule has 0 unspecified atom stereocenters. The second-order valence-electron chi connectivity index (χ2n) is 8.78. The molecule has 0 aliphatic carbocycles. The van der Waals surface area contributed by atoms with Crippen LogP contribution < -0.4 is 26.4 Å². The number of carbonyl (C=O) groups excluding carboxylic acids is 1. The van der Waals surface area contributed by atoms with Gasteiger partial charge in [0.2, 0.25) is 5.91 Å². The van der Waals surface area contributed by atoms with E-state index in [1.807, 2.05) is 60.7 Å². The van der Waals surface area contributed by atoms with Gasteiger partial charge in [0.25, 0.3) is 0 Å². The summed E-state index contributed by atoms with van der Waals surface area (Å²) in [5.74, 6) is -0.0451. The fourth-order valence-corrected chi connectivity index (χ4v) is 4.55. The third-order valence-electron chi connectivity index (χ3n) is 6.47. The number of nitrogens with one attached hydrogen (secondary N) is 2. The van der Waals surface area contributed by atoms with Gasteiger partial charge >= 0.3 is 0 Å². The van der Waals surface area contributed by atoms with Gasteiger partial charge in [-0.2, -0.15) is 0 Å². The maximum atomic E-state index is 13.3. The SMILES string of the molecule is Nc1c(NNC(=O)C(c2ccccc2)c2ccccc2)ncnc1N1CCN(c2ccc(F)cc2)CC1. The highest BCUT2D eigenvalue weighted by Gasteiger charge is 2.24. The summed E-state index contributed by atoms with van der Waals surface area (Å²) in [7, 11) is 0. The molecule has 8 nitrogen and oxygen atoms in total. The van der Waals surface area contributed by atoms with Crippen molar-refractivity contribution in [1.29, 1.82) is 0 Å². The number of aromatic nitrogens is 2. The molecule has 0 saturated carbocycles. The maximum absolute atomic E-state index is 13.3. The van der Waals surface area contributed by atoms with Gasteiger partial charge in [0.1, 0.15) is 17.8 Å². The van der Waals surface area contributed by atoms with Gasteiger partial charge in [-0.25, -0.2) is 14.4 Å². The van der Waals surface area contributed by atoms with Crippen molar-refractivity contribution < 1.29 is 9.18 Å². The summed E-state index contributed by atoms with van der Waals surface area (Å²) < 4.78 is 13.3. The quantitative estimate of drug-likeness (QED) is 0.334. The van der Waals surface area contributed by atoms with Gasteiger partial charge in [-0.1, -0.05) is 60.7 Å². The number of anilines is 4. The van der Waals surface area contributed by atoms with Crippen molar-refractivity contribution >= 4 is 28.9 Å². The van der Waals surface area contributed by atoms with E-state index < -0.39 is 5.92 Å². The number of piperazine rings is 1. The lowest BCUT2D eigenvalue weighted by Crippen LogP contribution is -2.47. The van der Waals surface area contributed by atoms with Gasteiger partial charge < -0.3 is 15.5 Å². The largest absolute Gasteiger partial charge is 0.393 e. The Morgan fingerprint density at radius 2 is 1.38 bits per heavy atom. The number of nitrogens with zero attached hydrogens (tertiary/aromatic N) is 4. The van der Waals surface area contributed by atoms with Crippen molar-refractivity contribution in [3.05, 3.63) is 108 Å². The average molecular weight is 498 g/mol. The van der Waals surface area contributed by atoms with Crippen LogP contribution in [-0.2, 0) is 4.79 Å². The first-order valence-electron chi connectivity index (χ1n) is 12.1. The second kappa shape index (κ2) is 10.9. The van der Waals surface area contributed by atoms with Gasteiger partial charge in [-0.05, 0) is 35.4 Å². The fourth-order valence-electron chi connectivity index (χ4n) is 4.55. The van der Waals surface area contributed by atoms with Crippen LogP contribution in [0.2, 0.25) is 0 Å². The Bertz CT molecular complexity index is 1290. The van der Waals surface area contributed by atoms with Crippen molar-refractivity contribution in [2.24, 2.45) is 0 Å². The molecule has 4 aromatic rings. The number of hydrazine groups is 1. The first-order chi connectivity index (χ1) is 18.1. The van der Waals surface area contributed by atoms with E-state index in [2.05, 4.69) is 30.6 Å². The van der Waals surface area contributed by atoms with Gasteiger partial charge in [-0.3, -0.25) is 15.6 Å². The van der Waals surface area contributed by atoms with Crippen LogP contribution in [0, 0.1) is 5.82 Å². The minimum atomic E-state index is -0.503. The second-order valence-corrected chi connectivity index (χ2v) is 8.78. The monoisotopic (exact) mass is 497 g/mol. The molecule has 37 heavy (non-hydrogen) atoms. The predicted octanol–water partition coefficient (Wildman–Crippen LogP) is 3.80. The van der Waals surface area contributed by atoms with E-state index in [4.69, 9.17) is 5.73 Å². The molecule has 0 bridgehead atoms. The third-order valence-corrected chi connectivity index (χ3v) is 6.47. The molecule has 1 fully saturated rings. The average Bonchev–Trinajstić information content (AvgIpc) is 2.94. The van der Waals surface area contributed by atoms with Crippen LogP contribution in [0.3, 0.4) is 0 Å². The van der Waals surface area contributed by atoms with Crippen molar-refractivity contribution in [3.8, 4) is 0 Å². The smallest absolute Gasteiger partial charge is 0.250 e. The Balaban J connectivity index is 1.27. The molecular weight excluding hydrogens is 469 g/mol. The number of halogens is 1. The summed E-state index contributed by atoms with van der Waals surface area (Å²) in [6.45, 7) is 2.86. The minimum Gasteiger partial charge on any atom is -0.393 e. The highest BCUT2D eigenvalue weighted by Crippen LogP contribution is 2.28. The van der Waals surface area contributed by atoms with E-state index >= 15 is 0 Å². The van der Waals surface area contributed by atoms with Gasteiger partial charge in [0.15, 0.2) is 11.6 Å². The fraction of sp³-hybridized carbons (Fsp3) is 0.179. The van der Waals surface area contributed by atoms with Crippen molar-refractivity contribution in [1.82, 2.24) is 15.4 Å². The summed E-state index contributed by atoms with van der Waals surface area (Å²) in [6, 6.07) is 25.7. The number of hydrogen-bond donors (Lipinski definition) is 3. The normalized spacial score (nSPS) is 13.5. The number of nitrogen functional groups attached to an aromatic ring is 1. The number of carbonyl (C=O) groups is 1. The van der Waals surface area contributed by atoms with Crippen LogP contribution in [0.25, 0.3) is 0 Å². The first-order valence-corrected chi connectivity index (χ1v) is 12.1. The van der Waals surface area contributed by atoms with E-state index in [9.17, 15) is 9.18 Å². The lowest BCUT2D eigenvalue weighted by molar-refractivity contribution is -0.121. The number of benzene rings is 3. The van der Waals surface area contributed by atoms with Gasteiger partial charge in [0.05, 0.1) is 5.92 Å². The van der Waals surface area contributed by atoms with E-state index in [1.165, 1.54) is 18.5 Å². The zero-order valence-corrected chi connectivity index (χ0v) is 20.2. The molecule has 3 aromatic carbocycles. The standard InChI is InChI=1S/C28H28FN7O/c29-22-11-13-23(14-12-22)35-15-17-36(18-16-35)27-25(30)26(31-19-32-27)33-34-28(37)24(20-7-3-1-4-8-20)21-9-5-2-6-10-21/h1-14,19,24H,15-18,30H2,(H,34,37)(H,31,32,33). The Hall–Kier alpha value is -4.66. The van der Waals surface area contributed by atoms with Gasteiger partial charge in [0, 0.05) is 31.9 Å². The van der Waals surface area contributed by atoms with Crippen LogP contribution in [-0.4, -0.2) is 42.1 Å². The highest BCUT2D eigenvalue weighted by molar-refractivity contribution is 5.88. The molecule has 1 amide bonds. The molecule has 5 rings (SSSR count). The van der Waals surface area contributed by atoms with Crippen molar-refractivity contribution in [3.63, 3.8) is 0 Å². The molecule has 0 spiro atoms. The topological polar surface area (TPSA) is 99.4 Å². The minimum absolute atomic E-state index is 0.232. The molecule has 188 valence electrons. The highest BCUT2D eigenvalue weighted by atomic mass is 19.1. The lowest BCUT2D eigenvalue weighted by Gasteiger charge is -2.37. The molecule has 2 heterocycles. The van der Waals surface area contributed by atoms with Crippen LogP contribution in [0.15, 0.2) is 91.3 Å². The van der Waals surface area contributed by atoms with Crippen LogP contribution in [0.4, 0.5) is 27.4 Å². The molecule has 0 atom stereocenters. The van der Waals surface area contributed by atoms with E-state index in [0.717, 1.165) is 29.9 Å². The molecule has 0 radical (unpaired) electrons. The number of rotatable bonds is 7. The zero-order valence-electron chi connectivity index (χ0n) is 20.2. The molecule has 1 aromatic heterocycles. The Morgan fingerprint density at radius 3 is 1.97 bits per heavy atom. The lowest BCUT2D eigenvalue weighted by atomic mass is 9.91. The molecule has 1 saturated heterocycles. The van der Waals surface area contributed by atoms with E-state index in [1.54, 1.807) is 12.1 Å². The van der Waals surface area contributed by atoms with Crippen LogP contribution in [0.5, 0.6) is 0 Å². The van der Waals surface area contributed by atoms with Crippen LogP contribution >= 0.6 is 0 Å². The Morgan fingerprint density at radius 1 is 0.811 bits per heavy atom. The third kappa shape index (κ3) is 5.45. The summed E-state index contributed by atoms with van der Waals surface area (Å²) in [6.07, 6.45) is 1.43. The molecule has 1 aliphatic rings. The number of nitrogens with two attached hydrogens (primary N) is 1. The Kier molecular flexibility index (Phi) is 7.12. The molecule has 9 heteroatoms. The first kappa shape index (κ1) is 24.1. The number of amides is 1. The zero-order chi connectivity index (χ0) is 25.6. The summed E-state index contributed by atoms with van der Waals surface area (Å²) >= 11 is 0. The van der Waals surface area contributed by atoms with E-state index in [0.29, 0.717) is 30.4 Å². The van der Waals surface area contributed by atoms with Gasteiger partial charge in [-0.15, -0.1) is 0 Å². The summed E-state index contributed by atoms with van der Waals surface area (Å²) in [4.78, 5) is 26.2. The van der Waals surface area contributed by atoms with Crippen molar-refractivity contribution in [2.45, 2.75) is 5.92 Å². The maximum Gasteiger partial charge on any atom is 0.250 e. The predicted molar refractivity (Wildman–Crippen MR) is 144 cm³/mol. The van der Waals surface area contributed by atoms with Crippen molar-refractivity contribution in [2.75, 3.05) is 47.1 Å². The Labute approximate surface area is 214 Å².